The van der Waals surface area contributed by atoms with E-state index >= 15 is 0 Å². The SMILES string of the molecule is CNC(=O)C(c1ccccc1)N(Cc1ccccc1)C(=O)CN(C)S(C)(=O)=O. The molecule has 0 saturated heterocycles. The fourth-order valence-corrected chi connectivity index (χ4v) is 3.09. The van der Waals surface area contributed by atoms with Gasteiger partial charge >= 0.3 is 0 Å². The van der Waals surface area contributed by atoms with Crippen molar-refractivity contribution in [2.45, 2.75) is 12.6 Å². The van der Waals surface area contributed by atoms with Crippen molar-refractivity contribution in [3.8, 4) is 0 Å². The summed E-state index contributed by atoms with van der Waals surface area (Å²) in [6.07, 6.45) is 1.04. The van der Waals surface area contributed by atoms with Gasteiger partial charge in [-0.15, -0.1) is 0 Å². The minimum absolute atomic E-state index is 0.171. The zero-order valence-electron chi connectivity index (χ0n) is 16.2. The van der Waals surface area contributed by atoms with Crippen LogP contribution in [0.25, 0.3) is 0 Å². The highest BCUT2D eigenvalue weighted by molar-refractivity contribution is 7.88. The summed E-state index contributed by atoms with van der Waals surface area (Å²) in [5.41, 5.74) is 1.48. The van der Waals surface area contributed by atoms with Gasteiger partial charge in [-0.05, 0) is 11.1 Å². The Labute approximate surface area is 166 Å². The summed E-state index contributed by atoms with van der Waals surface area (Å²) in [6.45, 7) is -0.184. The van der Waals surface area contributed by atoms with Crippen molar-refractivity contribution >= 4 is 21.8 Å². The van der Waals surface area contributed by atoms with Crippen molar-refractivity contribution < 1.29 is 18.0 Å². The molecular formula is C20H25N3O4S. The van der Waals surface area contributed by atoms with Crippen LogP contribution in [0.5, 0.6) is 0 Å². The molecule has 0 fully saturated rings. The second kappa shape index (κ2) is 9.48. The first kappa shape index (κ1) is 21.6. The zero-order valence-corrected chi connectivity index (χ0v) is 17.0. The molecule has 1 atom stereocenters. The molecule has 0 aromatic heterocycles. The summed E-state index contributed by atoms with van der Waals surface area (Å²) in [4.78, 5) is 27.2. The molecule has 2 aromatic carbocycles. The van der Waals surface area contributed by atoms with Gasteiger partial charge in [-0.3, -0.25) is 9.59 Å². The maximum Gasteiger partial charge on any atom is 0.247 e. The van der Waals surface area contributed by atoms with E-state index in [1.54, 1.807) is 24.3 Å². The Balaban J connectivity index is 2.45. The van der Waals surface area contributed by atoms with Crippen LogP contribution in [0.1, 0.15) is 17.2 Å². The predicted molar refractivity (Wildman–Crippen MR) is 108 cm³/mol. The maximum absolute atomic E-state index is 13.1. The summed E-state index contributed by atoms with van der Waals surface area (Å²) in [5.74, 6) is -0.813. The number of nitrogens with zero attached hydrogens (tertiary/aromatic N) is 2. The van der Waals surface area contributed by atoms with Gasteiger partial charge in [-0.25, -0.2) is 8.42 Å². The average Bonchev–Trinajstić information content (AvgIpc) is 2.68. The Kier molecular flexibility index (Phi) is 7.31. The van der Waals surface area contributed by atoms with Crippen LogP contribution < -0.4 is 5.32 Å². The monoisotopic (exact) mass is 403 g/mol. The Morgan fingerprint density at radius 2 is 1.54 bits per heavy atom. The molecular weight excluding hydrogens is 378 g/mol. The lowest BCUT2D eigenvalue weighted by atomic mass is 10.0. The summed E-state index contributed by atoms with van der Waals surface area (Å²) in [6, 6.07) is 17.3. The number of nitrogens with one attached hydrogen (secondary N) is 1. The van der Waals surface area contributed by atoms with Crippen molar-refractivity contribution in [1.82, 2.24) is 14.5 Å². The first-order valence-electron chi connectivity index (χ1n) is 8.75. The predicted octanol–water partition coefficient (Wildman–Crippen LogP) is 1.39. The number of carbonyl (C=O) groups excluding carboxylic acids is 2. The van der Waals surface area contributed by atoms with E-state index in [0.29, 0.717) is 5.56 Å². The Morgan fingerprint density at radius 3 is 2.04 bits per heavy atom. The standard InChI is InChI=1S/C20H25N3O4S/c1-21-20(25)19(17-12-8-5-9-13-17)23(14-16-10-6-4-7-11-16)18(24)15-22(2)28(3,26)27/h4-13,19H,14-15H2,1-3H3,(H,21,25). The summed E-state index contributed by atoms with van der Waals surface area (Å²) < 4.78 is 24.5. The molecule has 0 saturated carbocycles. The zero-order chi connectivity index (χ0) is 20.7. The molecule has 8 heteroatoms. The molecule has 1 N–H and O–H groups in total. The fourth-order valence-electron chi connectivity index (χ4n) is 2.75. The molecule has 0 aliphatic carbocycles. The average molecular weight is 404 g/mol. The lowest BCUT2D eigenvalue weighted by Gasteiger charge is -2.32. The van der Waals surface area contributed by atoms with Crippen LogP contribution in [0.4, 0.5) is 0 Å². The molecule has 0 aliphatic heterocycles. The van der Waals surface area contributed by atoms with Crippen LogP contribution in [0, 0.1) is 0 Å². The van der Waals surface area contributed by atoms with Crippen LogP contribution >= 0.6 is 0 Å². The first-order valence-corrected chi connectivity index (χ1v) is 10.6. The highest BCUT2D eigenvalue weighted by atomic mass is 32.2. The van der Waals surface area contributed by atoms with Gasteiger partial charge in [0.25, 0.3) is 0 Å². The van der Waals surface area contributed by atoms with Gasteiger partial charge in [0, 0.05) is 20.6 Å². The number of likely N-dealkylation sites (N-methyl/N-ethyl adjacent to an activating group) is 2. The van der Waals surface area contributed by atoms with Crippen molar-refractivity contribution in [3.63, 3.8) is 0 Å². The van der Waals surface area contributed by atoms with Crippen molar-refractivity contribution in [2.75, 3.05) is 26.9 Å². The fraction of sp³-hybridized carbons (Fsp3) is 0.300. The molecule has 2 amide bonds. The van der Waals surface area contributed by atoms with E-state index in [1.807, 2.05) is 36.4 Å². The van der Waals surface area contributed by atoms with E-state index in [4.69, 9.17) is 0 Å². The van der Waals surface area contributed by atoms with Crippen molar-refractivity contribution in [1.29, 1.82) is 0 Å². The highest BCUT2D eigenvalue weighted by Crippen LogP contribution is 2.24. The molecule has 2 aromatic rings. The highest BCUT2D eigenvalue weighted by Gasteiger charge is 2.32. The van der Waals surface area contributed by atoms with Crippen molar-refractivity contribution in [2.24, 2.45) is 0 Å². The molecule has 28 heavy (non-hydrogen) atoms. The third-order valence-electron chi connectivity index (χ3n) is 4.36. The van der Waals surface area contributed by atoms with E-state index in [9.17, 15) is 18.0 Å². The normalized spacial score (nSPS) is 12.4. The number of amides is 2. The van der Waals surface area contributed by atoms with E-state index in [1.165, 1.54) is 19.0 Å². The van der Waals surface area contributed by atoms with E-state index in [0.717, 1.165) is 16.1 Å². The van der Waals surface area contributed by atoms with Gasteiger partial charge in [0.05, 0.1) is 12.8 Å². The minimum Gasteiger partial charge on any atom is -0.357 e. The molecule has 0 spiro atoms. The summed E-state index contributed by atoms with van der Waals surface area (Å²) >= 11 is 0. The number of hydrogen-bond acceptors (Lipinski definition) is 4. The third kappa shape index (κ3) is 5.64. The molecule has 0 radical (unpaired) electrons. The third-order valence-corrected chi connectivity index (χ3v) is 5.62. The van der Waals surface area contributed by atoms with Crippen LogP contribution in [-0.2, 0) is 26.2 Å². The Morgan fingerprint density at radius 1 is 1.00 bits per heavy atom. The lowest BCUT2D eigenvalue weighted by molar-refractivity contribution is -0.141. The van der Waals surface area contributed by atoms with E-state index in [-0.39, 0.29) is 19.0 Å². The van der Waals surface area contributed by atoms with Gasteiger partial charge in [-0.2, -0.15) is 4.31 Å². The van der Waals surface area contributed by atoms with Crippen molar-refractivity contribution in [3.05, 3.63) is 71.8 Å². The van der Waals surface area contributed by atoms with Gasteiger partial charge in [0.2, 0.25) is 21.8 Å². The smallest absolute Gasteiger partial charge is 0.247 e. The number of benzene rings is 2. The van der Waals surface area contributed by atoms with Crippen LogP contribution in [-0.4, -0.2) is 56.3 Å². The second-order valence-electron chi connectivity index (χ2n) is 6.45. The van der Waals surface area contributed by atoms with E-state index < -0.39 is 22.0 Å². The topological polar surface area (TPSA) is 86.8 Å². The maximum atomic E-state index is 13.1. The quantitative estimate of drug-likeness (QED) is 0.722. The molecule has 150 valence electrons. The van der Waals surface area contributed by atoms with Crippen LogP contribution in [0.3, 0.4) is 0 Å². The van der Waals surface area contributed by atoms with Gasteiger partial charge in [0.15, 0.2) is 0 Å². The molecule has 0 bridgehead atoms. The minimum atomic E-state index is -3.54. The number of hydrogen-bond donors (Lipinski definition) is 1. The van der Waals surface area contributed by atoms with Crippen LogP contribution in [0.2, 0.25) is 0 Å². The molecule has 0 aliphatic rings. The number of rotatable bonds is 8. The Hall–Kier alpha value is -2.71. The van der Waals surface area contributed by atoms with E-state index in [2.05, 4.69) is 5.32 Å². The largest absolute Gasteiger partial charge is 0.357 e. The van der Waals surface area contributed by atoms with Gasteiger partial charge in [0.1, 0.15) is 6.04 Å². The van der Waals surface area contributed by atoms with Gasteiger partial charge < -0.3 is 10.2 Å². The molecule has 2 rings (SSSR count). The van der Waals surface area contributed by atoms with Gasteiger partial charge in [-0.1, -0.05) is 60.7 Å². The lowest BCUT2D eigenvalue weighted by Crippen LogP contribution is -2.46. The summed E-state index contributed by atoms with van der Waals surface area (Å²) in [7, 11) is -0.690. The number of carbonyl (C=O) groups is 2. The first-order chi connectivity index (χ1) is 13.2. The molecule has 1 unspecified atom stereocenters. The number of sulfonamides is 1. The Bertz CT molecular complexity index is 902. The molecule has 0 heterocycles. The van der Waals surface area contributed by atoms with Crippen LogP contribution in [0.15, 0.2) is 60.7 Å². The second-order valence-corrected chi connectivity index (χ2v) is 8.54. The summed E-state index contributed by atoms with van der Waals surface area (Å²) in [5, 5.41) is 2.60. The molecule has 7 nitrogen and oxygen atoms in total.